The van der Waals surface area contributed by atoms with Crippen molar-refractivity contribution < 1.29 is 0 Å². The molecule has 19 heavy (non-hydrogen) atoms. The number of nitrogens with two attached hydrogens (primary N) is 1. The first-order valence-electron chi connectivity index (χ1n) is 6.01. The molecule has 0 bridgehead atoms. The van der Waals surface area contributed by atoms with Crippen LogP contribution in [0.1, 0.15) is 17.7 Å². The lowest BCUT2D eigenvalue weighted by Gasteiger charge is -2.10. The summed E-state index contributed by atoms with van der Waals surface area (Å²) in [4.78, 5) is 9.10. The predicted molar refractivity (Wildman–Crippen MR) is 80.0 cm³/mol. The number of aromatic nitrogens is 2. The lowest BCUT2D eigenvalue weighted by atomic mass is 10.2. The minimum atomic E-state index is 0.611. The Morgan fingerprint density at radius 1 is 1.26 bits per heavy atom. The summed E-state index contributed by atoms with van der Waals surface area (Å²) < 4.78 is 0.943. The molecule has 3 N–H and O–H groups in total. The highest BCUT2D eigenvalue weighted by Gasteiger charge is 2.20. The third kappa shape index (κ3) is 2.33. The molecule has 98 valence electrons. The molecular formula is C13H12BrClN4. The number of hydrogen-bond acceptors (Lipinski definition) is 4. The molecule has 0 saturated carbocycles. The summed E-state index contributed by atoms with van der Waals surface area (Å²) in [7, 11) is 0. The first kappa shape index (κ1) is 12.8. The number of aryl methyl sites for hydroxylation is 1. The zero-order valence-electron chi connectivity index (χ0n) is 10.1. The number of nitrogens with zero attached hydrogens (tertiary/aromatic N) is 2. The lowest BCUT2D eigenvalue weighted by Crippen LogP contribution is -2.12. The van der Waals surface area contributed by atoms with Gasteiger partial charge in [0.15, 0.2) is 5.82 Å². The van der Waals surface area contributed by atoms with Gasteiger partial charge in [-0.3, -0.25) is 0 Å². The van der Waals surface area contributed by atoms with Gasteiger partial charge in [-0.2, -0.15) is 0 Å². The summed E-state index contributed by atoms with van der Waals surface area (Å²) in [5, 5.41) is 0.629. The van der Waals surface area contributed by atoms with Crippen LogP contribution in [-0.2, 0) is 12.8 Å². The molecule has 0 amide bonds. The molecule has 0 atom stereocenters. The third-order valence-corrected chi connectivity index (χ3v) is 4.06. The second-order valence-electron chi connectivity index (χ2n) is 4.44. The first-order valence-corrected chi connectivity index (χ1v) is 7.18. The van der Waals surface area contributed by atoms with E-state index < -0.39 is 0 Å². The van der Waals surface area contributed by atoms with Gasteiger partial charge in [-0.05, 0) is 37.5 Å². The van der Waals surface area contributed by atoms with E-state index in [9.17, 15) is 0 Å². The van der Waals surface area contributed by atoms with E-state index in [2.05, 4.69) is 31.3 Å². The van der Waals surface area contributed by atoms with E-state index in [-0.39, 0.29) is 0 Å². The fourth-order valence-electron chi connectivity index (χ4n) is 2.34. The average molecular weight is 340 g/mol. The van der Waals surface area contributed by atoms with Crippen LogP contribution < -0.4 is 11.3 Å². The minimum Gasteiger partial charge on any atom is -0.308 e. The van der Waals surface area contributed by atoms with Gasteiger partial charge >= 0.3 is 0 Å². The van der Waals surface area contributed by atoms with Crippen molar-refractivity contribution in [2.24, 2.45) is 5.84 Å². The van der Waals surface area contributed by atoms with Crippen LogP contribution in [0.15, 0.2) is 22.7 Å². The molecule has 0 spiro atoms. The van der Waals surface area contributed by atoms with Crippen molar-refractivity contribution in [3.05, 3.63) is 39.0 Å². The molecule has 0 aliphatic heterocycles. The van der Waals surface area contributed by atoms with Crippen molar-refractivity contribution in [3.63, 3.8) is 0 Å². The molecule has 2 aromatic rings. The molecule has 0 fully saturated rings. The monoisotopic (exact) mass is 338 g/mol. The highest BCUT2D eigenvalue weighted by Crippen LogP contribution is 2.32. The Hall–Kier alpha value is -1.17. The van der Waals surface area contributed by atoms with Crippen LogP contribution in [0, 0.1) is 0 Å². The van der Waals surface area contributed by atoms with Gasteiger partial charge in [0.05, 0.1) is 5.02 Å². The van der Waals surface area contributed by atoms with Gasteiger partial charge in [0, 0.05) is 21.3 Å². The number of nitrogen functional groups attached to an aromatic ring is 1. The minimum absolute atomic E-state index is 0.611. The third-order valence-electron chi connectivity index (χ3n) is 3.24. The lowest BCUT2D eigenvalue weighted by molar-refractivity contribution is 0.900. The van der Waals surface area contributed by atoms with E-state index in [1.54, 1.807) is 0 Å². The zero-order valence-corrected chi connectivity index (χ0v) is 12.4. The van der Waals surface area contributed by atoms with Crippen LogP contribution in [-0.4, -0.2) is 9.97 Å². The first-order chi connectivity index (χ1) is 9.19. The number of nitrogens with one attached hydrogen (secondary N) is 1. The molecule has 1 aromatic heterocycles. The van der Waals surface area contributed by atoms with Gasteiger partial charge in [-0.1, -0.05) is 27.5 Å². The van der Waals surface area contributed by atoms with Gasteiger partial charge < -0.3 is 5.43 Å². The van der Waals surface area contributed by atoms with Crippen LogP contribution in [0.5, 0.6) is 0 Å². The van der Waals surface area contributed by atoms with E-state index >= 15 is 0 Å². The maximum atomic E-state index is 6.22. The molecule has 4 nitrogen and oxygen atoms in total. The van der Waals surface area contributed by atoms with Crippen molar-refractivity contribution in [2.75, 3.05) is 5.43 Å². The van der Waals surface area contributed by atoms with E-state index in [1.807, 2.05) is 18.2 Å². The molecule has 0 saturated heterocycles. The number of rotatable bonds is 2. The number of hydrogen-bond donors (Lipinski definition) is 2. The molecule has 0 unspecified atom stereocenters. The van der Waals surface area contributed by atoms with Crippen molar-refractivity contribution >= 4 is 33.3 Å². The maximum Gasteiger partial charge on any atom is 0.163 e. The quantitative estimate of drug-likeness (QED) is 0.650. The Morgan fingerprint density at radius 3 is 2.89 bits per heavy atom. The van der Waals surface area contributed by atoms with Crippen molar-refractivity contribution in [3.8, 4) is 11.4 Å². The number of halogens is 2. The van der Waals surface area contributed by atoms with Gasteiger partial charge in [0.25, 0.3) is 0 Å². The SMILES string of the molecule is NNc1nc(-c2cc(Br)ccc2Cl)nc2c1CCC2. The molecule has 1 aliphatic carbocycles. The molecule has 0 radical (unpaired) electrons. The second kappa shape index (κ2) is 5.07. The Kier molecular flexibility index (Phi) is 3.43. The van der Waals surface area contributed by atoms with Gasteiger partial charge in [0.1, 0.15) is 5.82 Å². The standard InChI is InChI=1S/C13H12BrClN4/c14-7-4-5-10(15)9(6-7)12-17-11-3-1-2-8(11)13(18-12)19-16/h4-6H,1-3,16H2,(H,17,18,19). The number of anilines is 1. The number of hydrazine groups is 1. The van der Waals surface area contributed by atoms with E-state index in [0.29, 0.717) is 16.7 Å². The topological polar surface area (TPSA) is 63.8 Å². The summed E-state index contributed by atoms with van der Waals surface area (Å²) in [6, 6.07) is 5.63. The summed E-state index contributed by atoms with van der Waals surface area (Å²) in [6.45, 7) is 0. The average Bonchev–Trinajstić information content (AvgIpc) is 2.88. The Morgan fingerprint density at radius 2 is 2.11 bits per heavy atom. The highest BCUT2D eigenvalue weighted by molar-refractivity contribution is 9.10. The number of fused-ring (bicyclic) bond motifs is 1. The zero-order chi connectivity index (χ0) is 13.4. The Balaban J connectivity index is 2.18. The summed E-state index contributed by atoms with van der Waals surface area (Å²) in [5.74, 6) is 6.87. The van der Waals surface area contributed by atoms with Crippen molar-refractivity contribution in [1.82, 2.24) is 9.97 Å². The van der Waals surface area contributed by atoms with Crippen molar-refractivity contribution in [1.29, 1.82) is 0 Å². The maximum absolute atomic E-state index is 6.22. The van der Waals surface area contributed by atoms with E-state index in [4.69, 9.17) is 17.4 Å². The fourth-order valence-corrected chi connectivity index (χ4v) is 2.90. The smallest absolute Gasteiger partial charge is 0.163 e. The van der Waals surface area contributed by atoms with E-state index in [1.165, 1.54) is 0 Å². The highest BCUT2D eigenvalue weighted by atomic mass is 79.9. The fraction of sp³-hybridized carbons (Fsp3) is 0.231. The molecule has 1 aromatic carbocycles. The van der Waals surface area contributed by atoms with Crippen LogP contribution in [0.25, 0.3) is 11.4 Å². The Labute approximate surface area is 124 Å². The van der Waals surface area contributed by atoms with Crippen molar-refractivity contribution in [2.45, 2.75) is 19.3 Å². The summed E-state index contributed by atoms with van der Waals surface area (Å²) in [5.41, 5.74) is 5.66. The van der Waals surface area contributed by atoms with Crippen LogP contribution >= 0.6 is 27.5 Å². The van der Waals surface area contributed by atoms with Gasteiger partial charge in [-0.15, -0.1) is 0 Å². The largest absolute Gasteiger partial charge is 0.308 e. The number of benzene rings is 1. The van der Waals surface area contributed by atoms with Gasteiger partial charge in [0.2, 0.25) is 0 Å². The van der Waals surface area contributed by atoms with Gasteiger partial charge in [-0.25, -0.2) is 15.8 Å². The van der Waals surface area contributed by atoms with Crippen LogP contribution in [0.2, 0.25) is 5.02 Å². The Bertz CT molecular complexity index is 645. The molecule has 1 aliphatic rings. The van der Waals surface area contributed by atoms with Crippen LogP contribution in [0.4, 0.5) is 5.82 Å². The molecule has 3 rings (SSSR count). The van der Waals surface area contributed by atoms with E-state index in [0.717, 1.165) is 40.6 Å². The molecule has 1 heterocycles. The molecule has 6 heteroatoms. The normalized spacial score (nSPS) is 13.4. The second-order valence-corrected chi connectivity index (χ2v) is 5.77. The summed E-state index contributed by atoms with van der Waals surface area (Å²) in [6.07, 6.45) is 3.03. The molecular weight excluding hydrogens is 328 g/mol. The predicted octanol–water partition coefficient (Wildman–Crippen LogP) is 3.33. The van der Waals surface area contributed by atoms with Crippen LogP contribution in [0.3, 0.4) is 0 Å². The summed E-state index contributed by atoms with van der Waals surface area (Å²) >= 11 is 9.66.